The fourth-order valence-electron chi connectivity index (χ4n) is 4.68. The molecule has 1 atom stereocenters. The standard InChI is InChI=1S/C27H20FNO6/c1-2-32-18-5-3-4-16(11-18)24-23-25(30)19-12-17(28)7-9-20(19)35-26(23)27(31)29(24)13-15-6-8-21-22(10-15)34-14-33-21/h3-12,24H,2,13-14H2,1H3. The second-order valence-corrected chi connectivity index (χ2v) is 8.34. The third-order valence-electron chi connectivity index (χ3n) is 6.20. The summed E-state index contributed by atoms with van der Waals surface area (Å²) in [5.41, 5.74) is 1.39. The molecule has 0 aliphatic carbocycles. The first kappa shape index (κ1) is 21.2. The van der Waals surface area contributed by atoms with Crippen LogP contribution in [0.1, 0.15) is 40.2 Å². The zero-order valence-electron chi connectivity index (χ0n) is 18.7. The second kappa shape index (κ2) is 8.16. The van der Waals surface area contributed by atoms with Crippen molar-refractivity contribution in [3.8, 4) is 17.2 Å². The average molecular weight is 473 g/mol. The lowest BCUT2D eigenvalue weighted by Crippen LogP contribution is -2.29. The Balaban J connectivity index is 1.52. The lowest BCUT2D eigenvalue weighted by Gasteiger charge is -2.25. The molecule has 0 bridgehead atoms. The van der Waals surface area contributed by atoms with Crippen LogP contribution < -0.4 is 19.6 Å². The molecular formula is C27H20FNO6. The van der Waals surface area contributed by atoms with Crippen molar-refractivity contribution in [2.45, 2.75) is 19.5 Å². The summed E-state index contributed by atoms with van der Waals surface area (Å²) >= 11 is 0. The van der Waals surface area contributed by atoms with E-state index >= 15 is 0 Å². The first-order valence-corrected chi connectivity index (χ1v) is 11.2. The third kappa shape index (κ3) is 3.49. The summed E-state index contributed by atoms with van der Waals surface area (Å²) < 4.78 is 36.4. The number of carbonyl (C=O) groups is 1. The van der Waals surface area contributed by atoms with Gasteiger partial charge >= 0.3 is 0 Å². The molecule has 35 heavy (non-hydrogen) atoms. The van der Waals surface area contributed by atoms with Crippen molar-refractivity contribution in [2.24, 2.45) is 0 Å². The van der Waals surface area contributed by atoms with Gasteiger partial charge in [0.25, 0.3) is 5.91 Å². The predicted octanol–water partition coefficient (Wildman–Crippen LogP) is 4.80. The Morgan fingerprint density at radius 2 is 1.89 bits per heavy atom. The van der Waals surface area contributed by atoms with E-state index in [0.29, 0.717) is 29.4 Å². The van der Waals surface area contributed by atoms with Crippen LogP contribution in [0, 0.1) is 5.82 Å². The van der Waals surface area contributed by atoms with Gasteiger partial charge in [-0.25, -0.2) is 4.39 Å². The molecule has 0 fully saturated rings. The molecule has 0 spiro atoms. The van der Waals surface area contributed by atoms with Crippen LogP contribution in [0.3, 0.4) is 0 Å². The Kier molecular flexibility index (Phi) is 4.95. The van der Waals surface area contributed by atoms with E-state index in [4.69, 9.17) is 18.6 Å². The number of halogens is 1. The van der Waals surface area contributed by atoms with Crippen molar-refractivity contribution < 1.29 is 27.8 Å². The zero-order valence-corrected chi connectivity index (χ0v) is 18.7. The molecule has 0 saturated heterocycles. The van der Waals surface area contributed by atoms with Crippen LogP contribution >= 0.6 is 0 Å². The smallest absolute Gasteiger partial charge is 0.291 e. The van der Waals surface area contributed by atoms with Gasteiger partial charge in [-0.3, -0.25) is 9.59 Å². The molecule has 7 nitrogen and oxygen atoms in total. The zero-order chi connectivity index (χ0) is 24.1. The van der Waals surface area contributed by atoms with Crippen molar-refractivity contribution in [1.29, 1.82) is 0 Å². The minimum Gasteiger partial charge on any atom is -0.494 e. The number of ether oxygens (including phenoxy) is 3. The Morgan fingerprint density at radius 1 is 1.03 bits per heavy atom. The Morgan fingerprint density at radius 3 is 2.74 bits per heavy atom. The summed E-state index contributed by atoms with van der Waals surface area (Å²) in [6.45, 7) is 2.67. The van der Waals surface area contributed by atoms with E-state index in [-0.39, 0.29) is 35.6 Å². The van der Waals surface area contributed by atoms with Gasteiger partial charge in [-0.2, -0.15) is 0 Å². The Hall–Kier alpha value is -4.33. The van der Waals surface area contributed by atoms with Gasteiger partial charge in [-0.05, 0) is 60.5 Å². The van der Waals surface area contributed by atoms with Gasteiger partial charge in [0.15, 0.2) is 16.9 Å². The van der Waals surface area contributed by atoms with E-state index in [1.54, 1.807) is 17.0 Å². The van der Waals surface area contributed by atoms with Crippen LogP contribution in [0.5, 0.6) is 17.2 Å². The minimum absolute atomic E-state index is 0.0401. The number of benzene rings is 3. The topological polar surface area (TPSA) is 78.2 Å². The van der Waals surface area contributed by atoms with Gasteiger partial charge < -0.3 is 23.5 Å². The number of rotatable bonds is 5. The second-order valence-electron chi connectivity index (χ2n) is 8.34. The number of hydrogen-bond acceptors (Lipinski definition) is 6. The number of hydrogen-bond donors (Lipinski definition) is 0. The maximum atomic E-state index is 14.0. The predicted molar refractivity (Wildman–Crippen MR) is 124 cm³/mol. The van der Waals surface area contributed by atoms with E-state index in [1.165, 1.54) is 12.1 Å². The fourth-order valence-corrected chi connectivity index (χ4v) is 4.68. The van der Waals surface area contributed by atoms with Crippen LogP contribution in [-0.2, 0) is 6.54 Å². The SMILES string of the molecule is CCOc1cccc(C2c3c(oc4ccc(F)cc4c3=O)C(=O)N2Cc2ccc3c(c2)OCO3)c1. The lowest BCUT2D eigenvalue weighted by molar-refractivity contribution is 0.0714. The minimum atomic E-state index is -0.743. The highest BCUT2D eigenvalue weighted by atomic mass is 19.1. The van der Waals surface area contributed by atoms with Gasteiger partial charge in [0.05, 0.1) is 23.6 Å². The van der Waals surface area contributed by atoms with Crippen molar-refractivity contribution in [3.63, 3.8) is 0 Å². The maximum absolute atomic E-state index is 14.0. The highest BCUT2D eigenvalue weighted by molar-refractivity contribution is 5.99. The summed E-state index contributed by atoms with van der Waals surface area (Å²) in [7, 11) is 0. The molecule has 1 aromatic heterocycles. The van der Waals surface area contributed by atoms with Crippen molar-refractivity contribution in [2.75, 3.05) is 13.4 Å². The molecule has 1 unspecified atom stereocenters. The summed E-state index contributed by atoms with van der Waals surface area (Å²) in [6, 6.07) is 15.7. The van der Waals surface area contributed by atoms with Crippen LogP contribution in [0.2, 0.25) is 0 Å². The average Bonchev–Trinajstić information content (AvgIpc) is 3.43. The molecule has 4 aromatic rings. The van der Waals surface area contributed by atoms with Gasteiger partial charge in [-0.1, -0.05) is 18.2 Å². The van der Waals surface area contributed by atoms with Crippen LogP contribution in [0.15, 0.2) is 69.9 Å². The maximum Gasteiger partial charge on any atom is 0.291 e. The van der Waals surface area contributed by atoms with Gasteiger partial charge in [0.2, 0.25) is 12.6 Å². The molecule has 2 aliphatic rings. The first-order valence-electron chi connectivity index (χ1n) is 11.2. The Labute approximate surface area is 199 Å². The molecule has 176 valence electrons. The van der Waals surface area contributed by atoms with Crippen molar-refractivity contribution in [3.05, 3.63) is 99.2 Å². The number of nitrogens with zero attached hydrogens (tertiary/aromatic N) is 1. The van der Waals surface area contributed by atoms with Gasteiger partial charge in [0, 0.05) is 6.54 Å². The summed E-state index contributed by atoms with van der Waals surface area (Å²) in [5, 5.41) is 0.0902. The van der Waals surface area contributed by atoms with E-state index in [0.717, 1.165) is 11.6 Å². The molecule has 1 amide bonds. The Bertz CT molecular complexity index is 1540. The lowest BCUT2D eigenvalue weighted by atomic mass is 9.98. The largest absolute Gasteiger partial charge is 0.494 e. The molecule has 0 N–H and O–H groups in total. The van der Waals surface area contributed by atoms with Gasteiger partial charge in [0.1, 0.15) is 17.1 Å². The monoisotopic (exact) mass is 473 g/mol. The van der Waals surface area contributed by atoms with Crippen LogP contribution in [0.25, 0.3) is 11.0 Å². The summed E-state index contributed by atoms with van der Waals surface area (Å²) in [6.07, 6.45) is 0. The van der Waals surface area contributed by atoms with Crippen LogP contribution in [-0.4, -0.2) is 24.2 Å². The van der Waals surface area contributed by atoms with Crippen molar-refractivity contribution >= 4 is 16.9 Å². The highest BCUT2D eigenvalue weighted by Crippen LogP contribution is 2.41. The summed E-state index contributed by atoms with van der Waals surface area (Å²) in [5.74, 6) is 0.827. The normalized spacial score (nSPS) is 16.1. The first-order chi connectivity index (χ1) is 17.0. The van der Waals surface area contributed by atoms with E-state index < -0.39 is 23.2 Å². The van der Waals surface area contributed by atoms with Crippen molar-refractivity contribution in [1.82, 2.24) is 4.90 Å². The molecule has 3 heterocycles. The molecule has 0 saturated carbocycles. The quantitative estimate of drug-likeness (QED) is 0.414. The summed E-state index contributed by atoms with van der Waals surface area (Å²) in [4.78, 5) is 28.8. The molecule has 0 radical (unpaired) electrons. The van der Waals surface area contributed by atoms with Crippen LogP contribution in [0.4, 0.5) is 4.39 Å². The van der Waals surface area contributed by atoms with Gasteiger partial charge in [-0.15, -0.1) is 0 Å². The number of carbonyl (C=O) groups excluding carboxylic acids is 1. The molecular weight excluding hydrogens is 453 g/mol. The molecule has 3 aromatic carbocycles. The van der Waals surface area contributed by atoms with E-state index in [2.05, 4.69) is 0 Å². The number of amides is 1. The molecule has 2 aliphatic heterocycles. The molecule has 6 rings (SSSR count). The number of fused-ring (bicyclic) bond motifs is 3. The highest BCUT2D eigenvalue weighted by Gasteiger charge is 2.43. The fraction of sp³-hybridized carbons (Fsp3) is 0.185. The molecule has 8 heteroatoms. The van der Waals surface area contributed by atoms with E-state index in [1.807, 2.05) is 37.3 Å². The third-order valence-corrected chi connectivity index (χ3v) is 6.20. The van der Waals surface area contributed by atoms with E-state index in [9.17, 15) is 14.0 Å².